The molecule has 6 nitrogen and oxygen atoms in total. The van der Waals surface area contributed by atoms with Gasteiger partial charge in [-0.3, -0.25) is 9.59 Å². The highest BCUT2D eigenvalue weighted by Gasteiger charge is 2.48. The van der Waals surface area contributed by atoms with Gasteiger partial charge in [-0.1, -0.05) is 13.8 Å². The fourth-order valence-electron chi connectivity index (χ4n) is 4.50. The molecule has 1 N–H and O–H groups in total. The maximum absolute atomic E-state index is 13.2. The number of thiophene rings is 1. The number of Topliss-reactive ketones (excluding diaryl/α,β-unsaturated/α-hetero) is 1. The number of ether oxygens (including phenoxy) is 2. The van der Waals surface area contributed by atoms with Crippen molar-refractivity contribution < 1.29 is 24.2 Å². The average molecular weight is 456 g/mol. The molecule has 0 bridgehead atoms. The summed E-state index contributed by atoms with van der Waals surface area (Å²) in [5.41, 5.74) is 2.55. The minimum atomic E-state index is -0.653. The first-order valence-electron chi connectivity index (χ1n) is 11.0. The summed E-state index contributed by atoms with van der Waals surface area (Å²) in [6.45, 7) is 7.04. The molecule has 0 aliphatic carbocycles. The Balaban J connectivity index is 1.84. The Morgan fingerprint density at radius 3 is 2.69 bits per heavy atom. The van der Waals surface area contributed by atoms with Gasteiger partial charge < -0.3 is 19.5 Å². The Morgan fingerprint density at radius 2 is 2.09 bits per heavy atom. The zero-order valence-corrected chi connectivity index (χ0v) is 19.7. The molecule has 0 spiro atoms. The molecule has 2 aliphatic heterocycles. The number of aliphatic hydroxyl groups is 1. The summed E-state index contributed by atoms with van der Waals surface area (Å²) in [5, 5.41) is 13.3. The van der Waals surface area contributed by atoms with Gasteiger partial charge in [-0.15, -0.1) is 11.3 Å². The summed E-state index contributed by atoms with van der Waals surface area (Å²) >= 11 is 1.49. The van der Waals surface area contributed by atoms with E-state index in [0.717, 1.165) is 34.6 Å². The van der Waals surface area contributed by atoms with Gasteiger partial charge in [-0.05, 0) is 66.5 Å². The first kappa shape index (κ1) is 22.6. The van der Waals surface area contributed by atoms with Crippen LogP contribution in [0.1, 0.15) is 60.2 Å². The quantitative estimate of drug-likeness (QED) is 0.385. The first-order valence-corrected chi connectivity index (χ1v) is 11.8. The smallest absolute Gasteiger partial charge is 0.295 e. The zero-order chi connectivity index (χ0) is 23.0. The van der Waals surface area contributed by atoms with Crippen LogP contribution in [0, 0.1) is 6.92 Å². The second-order valence-corrected chi connectivity index (χ2v) is 9.61. The highest BCUT2D eigenvalue weighted by atomic mass is 32.1. The molecule has 0 saturated carbocycles. The molecule has 3 heterocycles. The normalized spacial score (nSPS) is 22.8. The van der Waals surface area contributed by atoms with E-state index >= 15 is 0 Å². The molecular weight excluding hydrogens is 426 g/mol. The molecular formula is C25H29NO5S. The fraction of sp³-hybridized carbons (Fsp3) is 0.440. The summed E-state index contributed by atoms with van der Waals surface area (Å²) in [6, 6.07) is 6.70. The van der Waals surface area contributed by atoms with Crippen molar-refractivity contribution >= 4 is 28.8 Å². The lowest BCUT2D eigenvalue weighted by Gasteiger charge is -2.27. The molecule has 2 fully saturated rings. The molecule has 32 heavy (non-hydrogen) atoms. The Morgan fingerprint density at radius 1 is 1.31 bits per heavy atom. The lowest BCUT2D eigenvalue weighted by molar-refractivity contribution is -0.140. The molecule has 2 aliphatic rings. The predicted molar refractivity (Wildman–Crippen MR) is 124 cm³/mol. The Hall–Kier alpha value is -2.64. The maximum Gasteiger partial charge on any atom is 0.295 e. The van der Waals surface area contributed by atoms with Crippen LogP contribution in [0.3, 0.4) is 0 Å². The van der Waals surface area contributed by atoms with Gasteiger partial charge in [0.05, 0.1) is 24.8 Å². The molecule has 0 radical (unpaired) electrons. The lowest BCUT2D eigenvalue weighted by atomic mass is 9.94. The van der Waals surface area contributed by atoms with Crippen LogP contribution in [-0.4, -0.2) is 48.1 Å². The topological polar surface area (TPSA) is 76.1 Å². The first-order chi connectivity index (χ1) is 15.3. The highest BCUT2D eigenvalue weighted by molar-refractivity contribution is 7.10. The second-order valence-electron chi connectivity index (χ2n) is 8.67. The van der Waals surface area contributed by atoms with Crippen molar-refractivity contribution in [2.75, 3.05) is 20.3 Å². The highest BCUT2D eigenvalue weighted by Crippen LogP contribution is 2.43. The van der Waals surface area contributed by atoms with Crippen LogP contribution in [0.15, 0.2) is 35.2 Å². The van der Waals surface area contributed by atoms with Gasteiger partial charge >= 0.3 is 0 Å². The molecule has 4 rings (SSSR count). The number of benzene rings is 1. The van der Waals surface area contributed by atoms with Gasteiger partial charge in [-0.25, -0.2) is 0 Å². The summed E-state index contributed by atoms with van der Waals surface area (Å²) in [5.74, 6) is -0.505. The van der Waals surface area contributed by atoms with Crippen molar-refractivity contribution in [1.29, 1.82) is 0 Å². The molecule has 1 amide bonds. The monoisotopic (exact) mass is 455 g/mol. The second kappa shape index (κ2) is 9.08. The maximum atomic E-state index is 13.2. The van der Waals surface area contributed by atoms with E-state index in [4.69, 9.17) is 9.47 Å². The Labute approximate surface area is 192 Å². The van der Waals surface area contributed by atoms with Gasteiger partial charge in [0.1, 0.15) is 11.5 Å². The van der Waals surface area contributed by atoms with E-state index in [0.29, 0.717) is 18.7 Å². The van der Waals surface area contributed by atoms with Gasteiger partial charge in [0.15, 0.2) is 0 Å². The SMILES string of the molecule is COc1ccc(/C(O)=C2/C(=O)C(=O)N(CC3CCCO3)C2c2sccc2C)cc1C(C)C. The molecule has 2 unspecified atom stereocenters. The molecule has 7 heteroatoms. The van der Waals surface area contributed by atoms with Gasteiger partial charge in [-0.2, -0.15) is 0 Å². The number of hydrogen-bond acceptors (Lipinski definition) is 6. The van der Waals surface area contributed by atoms with Crippen molar-refractivity contribution in [3.8, 4) is 5.75 Å². The third kappa shape index (κ3) is 3.95. The van der Waals surface area contributed by atoms with Crippen LogP contribution < -0.4 is 4.74 Å². The summed E-state index contributed by atoms with van der Waals surface area (Å²) in [7, 11) is 1.61. The minimum absolute atomic E-state index is 0.0930. The largest absolute Gasteiger partial charge is 0.507 e. The number of carbonyl (C=O) groups excluding carboxylic acids is 2. The molecule has 170 valence electrons. The Bertz CT molecular complexity index is 1060. The van der Waals surface area contributed by atoms with E-state index in [1.807, 2.05) is 38.3 Å². The number of ketones is 1. The van der Waals surface area contributed by atoms with Gasteiger partial charge in [0.2, 0.25) is 0 Å². The number of likely N-dealkylation sites (tertiary alicyclic amines) is 1. The van der Waals surface area contributed by atoms with Crippen LogP contribution in [0.25, 0.3) is 5.76 Å². The van der Waals surface area contributed by atoms with E-state index in [1.54, 1.807) is 24.1 Å². The summed E-state index contributed by atoms with van der Waals surface area (Å²) < 4.78 is 11.2. The van der Waals surface area contributed by atoms with E-state index in [9.17, 15) is 14.7 Å². The van der Waals surface area contributed by atoms with Crippen LogP contribution in [0.4, 0.5) is 0 Å². The van der Waals surface area contributed by atoms with Crippen molar-refractivity contribution in [2.45, 2.75) is 51.7 Å². The van der Waals surface area contributed by atoms with E-state index < -0.39 is 17.7 Å². The van der Waals surface area contributed by atoms with Crippen molar-refractivity contribution in [1.82, 2.24) is 4.90 Å². The van der Waals surface area contributed by atoms with Crippen molar-refractivity contribution in [3.63, 3.8) is 0 Å². The third-order valence-corrected chi connectivity index (χ3v) is 7.31. The van der Waals surface area contributed by atoms with Crippen LogP contribution >= 0.6 is 11.3 Å². The number of methoxy groups -OCH3 is 1. The number of aryl methyl sites for hydroxylation is 1. The number of hydrogen-bond donors (Lipinski definition) is 1. The number of carbonyl (C=O) groups is 2. The molecule has 1 aromatic heterocycles. The minimum Gasteiger partial charge on any atom is -0.507 e. The standard InChI is InChI=1S/C25H29NO5S/c1-14(2)18-12-16(7-8-19(18)30-4)22(27)20-21(24-15(3)9-11-32-24)26(25(29)23(20)28)13-17-6-5-10-31-17/h7-9,11-12,14,17,21,27H,5-6,10,13H2,1-4H3/b22-20-. The number of nitrogens with zero attached hydrogens (tertiary/aromatic N) is 1. The van der Waals surface area contributed by atoms with Gasteiger partial charge in [0.25, 0.3) is 11.7 Å². The van der Waals surface area contributed by atoms with E-state index in [1.165, 1.54) is 11.3 Å². The van der Waals surface area contributed by atoms with Crippen molar-refractivity contribution in [2.24, 2.45) is 0 Å². The predicted octanol–water partition coefficient (Wildman–Crippen LogP) is 4.79. The molecule has 2 atom stereocenters. The number of aliphatic hydroxyl groups excluding tert-OH is 1. The molecule has 2 saturated heterocycles. The lowest BCUT2D eigenvalue weighted by Crippen LogP contribution is -2.36. The van der Waals surface area contributed by atoms with Gasteiger partial charge in [0, 0.05) is 23.6 Å². The third-order valence-electron chi connectivity index (χ3n) is 6.24. The van der Waals surface area contributed by atoms with Crippen LogP contribution in [-0.2, 0) is 14.3 Å². The van der Waals surface area contributed by atoms with Crippen LogP contribution in [0.2, 0.25) is 0 Å². The van der Waals surface area contributed by atoms with Crippen LogP contribution in [0.5, 0.6) is 5.75 Å². The summed E-state index contributed by atoms with van der Waals surface area (Å²) in [6.07, 6.45) is 1.71. The zero-order valence-electron chi connectivity index (χ0n) is 18.9. The van der Waals surface area contributed by atoms with Crippen molar-refractivity contribution in [3.05, 3.63) is 56.8 Å². The molecule has 1 aromatic carbocycles. The summed E-state index contributed by atoms with van der Waals surface area (Å²) in [4.78, 5) is 28.8. The van der Waals surface area contributed by atoms with E-state index in [2.05, 4.69) is 0 Å². The van der Waals surface area contributed by atoms with E-state index in [-0.39, 0.29) is 23.4 Å². The fourth-order valence-corrected chi connectivity index (χ4v) is 5.55. The Kier molecular flexibility index (Phi) is 6.40. The number of rotatable bonds is 6. The average Bonchev–Trinajstić information content (AvgIpc) is 3.50. The molecule has 2 aromatic rings. The number of amides is 1.